The fraction of sp³-hybridized carbons (Fsp3) is 0.476. The van der Waals surface area contributed by atoms with Crippen molar-refractivity contribution in [3.8, 4) is 0 Å². The van der Waals surface area contributed by atoms with Crippen molar-refractivity contribution in [2.45, 2.75) is 38.6 Å². The lowest BCUT2D eigenvalue weighted by molar-refractivity contribution is 0.0766. The molecule has 0 radical (unpaired) electrons. The van der Waals surface area contributed by atoms with Crippen LogP contribution in [-0.2, 0) is 19.4 Å². The Hall–Kier alpha value is -1.36. The van der Waals surface area contributed by atoms with E-state index in [1.165, 1.54) is 28.8 Å². The van der Waals surface area contributed by atoms with Gasteiger partial charge in [-0.15, -0.1) is 11.3 Å². The number of nitrogens with zero attached hydrogens (tertiary/aromatic N) is 2. The van der Waals surface area contributed by atoms with Crippen molar-refractivity contribution >= 4 is 28.8 Å². The molecular weight excluding hydrogens is 364 g/mol. The third-order valence-corrected chi connectivity index (χ3v) is 6.88. The zero-order chi connectivity index (χ0) is 17.9. The third-order valence-electron chi connectivity index (χ3n) is 5.40. The maximum absolute atomic E-state index is 13.0. The summed E-state index contributed by atoms with van der Waals surface area (Å²) in [7, 11) is 0. The van der Waals surface area contributed by atoms with Gasteiger partial charge in [-0.3, -0.25) is 9.69 Å². The Labute approximate surface area is 164 Å². The highest BCUT2D eigenvalue weighted by Gasteiger charge is 2.23. The molecule has 0 atom stereocenters. The summed E-state index contributed by atoms with van der Waals surface area (Å²) in [6, 6.07) is 10.2. The molecule has 1 amide bonds. The number of hydrogen-bond donors (Lipinski definition) is 0. The lowest BCUT2D eigenvalue weighted by Crippen LogP contribution is -2.34. The highest BCUT2D eigenvalue weighted by Crippen LogP contribution is 2.30. The number of carbonyl (C=O) groups is 1. The average molecular weight is 389 g/mol. The standard InChI is InChI=1S/C21H25ClN2OS/c22-18-8-6-16(7-9-18)15-23-10-3-11-24(13-12-23)21(25)20-14-17-4-1-2-5-19(17)26-20/h6-9,14H,1-5,10-13,15H2. The molecule has 2 aromatic rings. The highest BCUT2D eigenvalue weighted by molar-refractivity contribution is 7.14. The quantitative estimate of drug-likeness (QED) is 0.765. The molecule has 1 saturated heterocycles. The topological polar surface area (TPSA) is 23.6 Å². The minimum atomic E-state index is 0.234. The van der Waals surface area contributed by atoms with Crippen LogP contribution < -0.4 is 0 Å². The first kappa shape index (κ1) is 18.0. The van der Waals surface area contributed by atoms with Crippen molar-refractivity contribution in [2.75, 3.05) is 26.2 Å². The number of aryl methyl sites for hydroxylation is 2. The van der Waals surface area contributed by atoms with Crippen molar-refractivity contribution < 1.29 is 4.79 Å². The fourth-order valence-corrected chi connectivity index (χ4v) is 5.28. The molecular formula is C21H25ClN2OS. The molecule has 1 aliphatic carbocycles. The largest absolute Gasteiger partial charge is 0.337 e. The summed E-state index contributed by atoms with van der Waals surface area (Å²) in [6.07, 6.45) is 5.87. The van der Waals surface area contributed by atoms with Crippen molar-refractivity contribution in [3.05, 3.63) is 56.2 Å². The molecule has 138 valence electrons. The van der Waals surface area contributed by atoms with Crippen LogP contribution in [0, 0.1) is 0 Å². The molecule has 0 bridgehead atoms. The molecule has 0 unspecified atom stereocenters. The van der Waals surface area contributed by atoms with Crippen LogP contribution in [0.5, 0.6) is 0 Å². The van der Waals surface area contributed by atoms with Gasteiger partial charge in [0.1, 0.15) is 0 Å². The molecule has 2 heterocycles. The van der Waals surface area contributed by atoms with Gasteiger partial charge in [-0.25, -0.2) is 0 Å². The summed E-state index contributed by atoms with van der Waals surface area (Å²) in [6.45, 7) is 4.56. The van der Waals surface area contributed by atoms with Crippen LogP contribution in [0.25, 0.3) is 0 Å². The lowest BCUT2D eigenvalue weighted by Gasteiger charge is -2.21. The Kier molecular flexibility index (Phi) is 5.63. The first-order valence-corrected chi connectivity index (χ1v) is 10.8. The summed E-state index contributed by atoms with van der Waals surface area (Å²) in [5, 5.41) is 0.778. The summed E-state index contributed by atoms with van der Waals surface area (Å²) in [5.74, 6) is 0.234. The molecule has 3 nitrogen and oxygen atoms in total. The van der Waals surface area contributed by atoms with Crippen molar-refractivity contribution in [3.63, 3.8) is 0 Å². The molecule has 1 aromatic carbocycles. The first-order valence-electron chi connectivity index (χ1n) is 9.57. The Morgan fingerprint density at radius 1 is 1.00 bits per heavy atom. The Bertz CT molecular complexity index is 747. The van der Waals surface area contributed by atoms with Gasteiger partial charge in [-0.1, -0.05) is 23.7 Å². The van der Waals surface area contributed by atoms with E-state index in [0.717, 1.165) is 61.9 Å². The van der Waals surface area contributed by atoms with Gasteiger partial charge < -0.3 is 4.90 Å². The van der Waals surface area contributed by atoms with E-state index < -0.39 is 0 Å². The van der Waals surface area contributed by atoms with E-state index in [9.17, 15) is 4.79 Å². The Morgan fingerprint density at radius 2 is 1.81 bits per heavy atom. The Balaban J connectivity index is 1.37. The molecule has 26 heavy (non-hydrogen) atoms. The summed E-state index contributed by atoms with van der Waals surface area (Å²) in [4.78, 5) is 19.9. The number of fused-ring (bicyclic) bond motifs is 1. The number of thiophene rings is 1. The fourth-order valence-electron chi connectivity index (χ4n) is 3.93. The minimum Gasteiger partial charge on any atom is -0.337 e. The van der Waals surface area contributed by atoms with Crippen LogP contribution in [0.15, 0.2) is 30.3 Å². The van der Waals surface area contributed by atoms with Gasteiger partial charge in [0.2, 0.25) is 0 Å². The normalized spacial score (nSPS) is 18.4. The van der Waals surface area contributed by atoms with E-state index in [1.54, 1.807) is 11.3 Å². The lowest BCUT2D eigenvalue weighted by atomic mass is 9.99. The minimum absolute atomic E-state index is 0.234. The molecule has 0 spiro atoms. The molecule has 0 saturated carbocycles. The van der Waals surface area contributed by atoms with Gasteiger partial charge in [0, 0.05) is 42.6 Å². The van der Waals surface area contributed by atoms with E-state index in [0.29, 0.717) is 0 Å². The molecule has 5 heteroatoms. The van der Waals surface area contributed by atoms with Gasteiger partial charge in [-0.2, -0.15) is 0 Å². The van der Waals surface area contributed by atoms with Crippen LogP contribution in [0.1, 0.15) is 44.9 Å². The predicted octanol–water partition coefficient (Wildman–Crippen LogP) is 4.63. The number of benzene rings is 1. The number of hydrogen-bond acceptors (Lipinski definition) is 3. The molecule has 2 aliphatic rings. The SMILES string of the molecule is O=C(c1cc2c(s1)CCCC2)N1CCCN(Cc2ccc(Cl)cc2)CC1. The van der Waals surface area contributed by atoms with Crippen molar-refractivity contribution in [1.29, 1.82) is 0 Å². The van der Waals surface area contributed by atoms with Gasteiger partial charge in [0.25, 0.3) is 5.91 Å². The van der Waals surface area contributed by atoms with Gasteiger partial charge in [-0.05, 0) is 61.4 Å². The molecule has 1 fully saturated rings. The van der Waals surface area contributed by atoms with Crippen LogP contribution >= 0.6 is 22.9 Å². The second kappa shape index (κ2) is 8.12. The summed E-state index contributed by atoms with van der Waals surface area (Å²) in [5.41, 5.74) is 2.70. The third kappa shape index (κ3) is 4.13. The predicted molar refractivity (Wildman–Crippen MR) is 108 cm³/mol. The summed E-state index contributed by atoms with van der Waals surface area (Å²) < 4.78 is 0. The van der Waals surface area contributed by atoms with E-state index in [-0.39, 0.29) is 5.91 Å². The molecule has 0 N–H and O–H groups in total. The number of carbonyl (C=O) groups excluding carboxylic acids is 1. The van der Waals surface area contributed by atoms with E-state index in [4.69, 9.17) is 11.6 Å². The van der Waals surface area contributed by atoms with Gasteiger partial charge in [0.15, 0.2) is 0 Å². The van der Waals surface area contributed by atoms with E-state index >= 15 is 0 Å². The van der Waals surface area contributed by atoms with Crippen LogP contribution in [0.2, 0.25) is 5.02 Å². The van der Waals surface area contributed by atoms with Gasteiger partial charge in [0.05, 0.1) is 4.88 Å². The number of amides is 1. The Morgan fingerprint density at radius 3 is 2.62 bits per heavy atom. The van der Waals surface area contributed by atoms with E-state index in [1.807, 2.05) is 12.1 Å². The van der Waals surface area contributed by atoms with Crippen LogP contribution in [-0.4, -0.2) is 41.9 Å². The maximum atomic E-state index is 13.0. The first-order chi connectivity index (χ1) is 12.7. The number of halogens is 1. The zero-order valence-corrected chi connectivity index (χ0v) is 16.6. The summed E-state index contributed by atoms with van der Waals surface area (Å²) >= 11 is 7.70. The highest BCUT2D eigenvalue weighted by atomic mass is 35.5. The average Bonchev–Trinajstić information content (AvgIpc) is 2.96. The monoisotopic (exact) mass is 388 g/mol. The second-order valence-electron chi connectivity index (χ2n) is 7.31. The van der Waals surface area contributed by atoms with Crippen molar-refractivity contribution in [1.82, 2.24) is 9.80 Å². The van der Waals surface area contributed by atoms with Crippen LogP contribution in [0.4, 0.5) is 0 Å². The molecule has 1 aliphatic heterocycles. The van der Waals surface area contributed by atoms with Crippen LogP contribution in [0.3, 0.4) is 0 Å². The maximum Gasteiger partial charge on any atom is 0.263 e. The number of rotatable bonds is 3. The molecule has 4 rings (SSSR count). The smallest absolute Gasteiger partial charge is 0.263 e. The second-order valence-corrected chi connectivity index (χ2v) is 8.89. The molecule has 1 aromatic heterocycles. The van der Waals surface area contributed by atoms with Gasteiger partial charge >= 0.3 is 0 Å². The zero-order valence-electron chi connectivity index (χ0n) is 15.0. The van der Waals surface area contributed by atoms with Crippen molar-refractivity contribution in [2.24, 2.45) is 0 Å². The van der Waals surface area contributed by atoms with E-state index in [2.05, 4.69) is 28.0 Å².